The van der Waals surface area contributed by atoms with Crippen LogP contribution in [0.3, 0.4) is 0 Å². The van der Waals surface area contributed by atoms with Gasteiger partial charge in [-0.2, -0.15) is 0 Å². The van der Waals surface area contributed by atoms with Crippen LogP contribution in [0.15, 0.2) is 16.6 Å². The number of piperazine rings is 1. The Morgan fingerprint density at radius 3 is 2.56 bits per heavy atom. The largest absolute Gasteiger partial charge is 0.370 e. The first kappa shape index (κ1) is 20.7. The van der Waals surface area contributed by atoms with Crippen molar-refractivity contribution in [2.45, 2.75) is 26.2 Å². The minimum Gasteiger partial charge on any atom is -0.370 e. The number of nitrogens with zero attached hydrogens (tertiary/aromatic N) is 5. The lowest BCUT2D eigenvalue weighted by atomic mass is 10.1. The number of hydrogen-bond donors (Lipinski definition) is 1. The molecule has 3 heterocycles. The number of aromatic nitrogens is 1. The van der Waals surface area contributed by atoms with Crippen molar-refractivity contribution < 1.29 is 0 Å². The van der Waals surface area contributed by atoms with Crippen LogP contribution in [-0.2, 0) is 0 Å². The second-order valence-corrected chi connectivity index (χ2v) is 7.83. The Bertz CT molecular complexity index is 509. The maximum atomic E-state index is 6.22. The van der Waals surface area contributed by atoms with Crippen LogP contribution in [0, 0.1) is 5.92 Å². The van der Waals surface area contributed by atoms with Crippen LogP contribution < -0.4 is 10.6 Å². The zero-order valence-electron chi connectivity index (χ0n) is 15.1. The topological polar surface area (TPSA) is 61.0 Å². The third-order valence-corrected chi connectivity index (χ3v) is 5.71. The molecule has 1 unspecified atom stereocenters. The van der Waals surface area contributed by atoms with E-state index in [0.29, 0.717) is 11.9 Å². The van der Waals surface area contributed by atoms with Gasteiger partial charge in [0, 0.05) is 50.8 Å². The van der Waals surface area contributed by atoms with E-state index < -0.39 is 0 Å². The third-order valence-electron chi connectivity index (χ3n) is 4.88. The Hall–Kier alpha value is -0.610. The minimum atomic E-state index is 0. The second-order valence-electron chi connectivity index (χ2n) is 6.95. The number of aliphatic imine (C=N–C) groups is 1. The van der Waals surface area contributed by atoms with Gasteiger partial charge in [0.05, 0.1) is 0 Å². The summed E-state index contributed by atoms with van der Waals surface area (Å²) in [7, 11) is 0. The summed E-state index contributed by atoms with van der Waals surface area (Å²) >= 11 is 1.70. The molecule has 2 N–H and O–H groups in total. The molecular weight excluding hydrogens is 447 g/mol. The van der Waals surface area contributed by atoms with E-state index in [2.05, 4.69) is 31.6 Å². The molecule has 0 aliphatic carbocycles. The van der Waals surface area contributed by atoms with Crippen LogP contribution in [0.5, 0.6) is 0 Å². The summed E-state index contributed by atoms with van der Waals surface area (Å²) in [5.74, 6) is 1.28. The molecule has 0 spiro atoms. The molecule has 1 atom stereocenters. The summed E-state index contributed by atoms with van der Waals surface area (Å²) < 4.78 is 0. The second kappa shape index (κ2) is 10.5. The summed E-state index contributed by atoms with van der Waals surface area (Å²) in [6.45, 7) is 10.5. The zero-order valence-corrected chi connectivity index (χ0v) is 18.3. The summed E-state index contributed by atoms with van der Waals surface area (Å²) in [5, 5.41) is 3.14. The molecule has 1 aromatic rings. The Morgan fingerprint density at radius 1 is 1.20 bits per heavy atom. The minimum absolute atomic E-state index is 0. The zero-order chi connectivity index (χ0) is 16.8. The summed E-state index contributed by atoms with van der Waals surface area (Å²) in [4.78, 5) is 16.2. The molecule has 8 heteroatoms. The van der Waals surface area contributed by atoms with Crippen molar-refractivity contribution in [3.63, 3.8) is 0 Å². The van der Waals surface area contributed by atoms with Gasteiger partial charge in [0.25, 0.3) is 0 Å². The Balaban J connectivity index is 0.00000225. The van der Waals surface area contributed by atoms with Gasteiger partial charge >= 0.3 is 0 Å². The van der Waals surface area contributed by atoms with Crippen molar-refractivity contribution in [2.75, 3.05) is 57.3 Å². The number of nitrogens with two attached hydrogens (primary N) is 1. The molecule has 2 fully saturated rings. The molecule has 2 aliphatic rings. The molecule has 1 aromatic heterocycles. The van der Waals surface area contributed by atoms with E-state index in [1.54, 1.807) is 11.3 Å². The predicted molar refractivity (Wildman–Crippen MR) is 117 cm³/mol. The number of rotatable bonds is 5. The van der Waals surface area contributed by atoms with Crippen molar-refractivity contribution in [2.24, 2.45) is 16.6 Å². The molecular formula is C17H31IN6S. The standard InChI is InChI=1S/C17H30N6S.HI/c1-15(14-21-6-3-2-4-7-21)13-20-16(18)22-8-10-23(11-9-22)17-19-5-12-24-17;/h5,12,15H,2-4,6-11,13-14H2,1H3,(H2,18,20);1H. The number of likely N-dealkylation sites (tertiary alicyclic amines) is 1. The molecule has 0 saturated carbocycles. The van der Waals surface area contributed by atoms with Gasteiger partial charge in [0.2, 0.25) is 0 Å². The highest BCUT2D eigenvalue weighted by Crippen LogP contribution is 2.18. The first-order valence-corrected chi connectivity index (χ1v) is 10.0. The highest BCUT2D eigenvalue weighted by molar-refractivity contribution is 14.0. The lowest BCUT2D eigenvalue weighted by Crippen LogP contribution is -2.51. The number of piperidine rings is 1. The Kier molecular flexibility index (Phi) is 8.71. The molecule has 2 aliphatic heterocycles. The van der Waals surface area contributed by atoms with E-state index in [1.165, 1.54) is 32.4 Å². The van der Waals surface area contributed by atoms with Gasteiger partial charge in [-0.3, -0.25) is 4.99 Å². The smallest absolute Gasteiger partial charge is 0.191 e. The van der Waals surface area contributed by atoms with Gasteiger partial charge in [0.15, 0.2) is 11.1 Å². The van der Waals surface area contributed by atoms with Gasteiger partial charge in [-0.05, 0) is 31.8 Å². The van der Waals surface area contributed by atoms with Crippen LogP contribution >= 0.6 is 35.3 Å². The van der Waals surface area contributed by atoms with Crippen LogP contribution in [0.25, 0.3) is 0 Å². The number of hydrogen-bond acceptors (Lipinski definition) is 5. The number of halogens is 1. The molecule has 6 nitrogen and oxygen atoms in total. The van der Waals surface area contributed by atoms with Crippen molar-refractivity contribution >= 4 is 46.4 Å². The van der Waals surface area contributed by atoms with Gasteiger partial charge < -0.3 is 20.4 Å². The van der Waals surface area contributed by atoms with Gasteiger partial charge in [0.1, 0.15) is 0 Å². The monoisotopic (exact) mass is 478 g/mol. The number of thiazole rings is 1. The van der Waals surface area contributed by atoms with Crippen molar-refractivity contribution in [3.8, 4) is 0 Å². The van der Waals surface area contributed by atoms with E-state index in [4.69, 9.17) is 5.73 Å². The van der Waals surface area contributed by atoms with Gasteiger partial charge in [-0.25, -0.2) is 4.98 Å². The van der Waals surface area contributed by atoms with Crippen molar-refractivity contribution in [1.82, 2.24) is 14.8 Å². The first-order chi connectivity index (χ1) is 11.7. The fourth-order valence-corrected chi connectivity index (χ4v) is 4.19. The molecule has 0 amide bonds. The van der Waals surface area contributed by atoms with Gasteiger partial charge in [-0.1, -0.05) is 13.3 Å². The molecule has 0 aromatic carbocycles. The van der Waals surface area contributed by atoms with Crippen LogP contribution in [0.2, 0.25) is 0 Å². The first-order valence-electron chi connectivity index (χ1n) is 9.14. The normalized spacial score (nSPS) is 21.1. The molecule has 0 radical (unpaired) electrons. The fourth-order valence-electron chi connectivity index (χ4n) is 3.49. The molecule has 142 valence electrons. The van der Waals surface area contributed by atoms with Crippen LogP contribution in [0.1, 0.15) is 26.2 Å². The fraction of sp³-hybridized carbons (Fsp3) is 0.765. The Labute approximate surface area is 172 Å². The van der Waals surface area contributed by atoms with Crippen molar-refractivity contribution in [1.29, 1.82) is 0 Å². The number of anilines is 1. The summed E-state index contributed by atoms with van der Waals surface area (Å²) in [6, 6.07) is 0. The molecule has 25 heavy (non-hydrogen) atoms. The molecule has 3 rings (SSSR count). The van der Waals surface area contributed by atoms with Crippen LogP contribution in [0.4, 0.5) is 5.13 Å². The summed E-state index contributed by atoms with van der Waals surface area (Å²) in [5.41, 5.74) is 6.22. The lowest BCUT2D eigenvalue weighted by molar-refractivity contribution is 0.202. The Morgan fingerprint density at radius 2 is 1.92 bits per heavy atom. The SMILES string of the molecule is CC(CN=C(N)N1CCN(c2nccs2)CC1)CN1CCCCC1.I. The van der Waals surface area contributed by atoms with Crippen molar-refractivity contribution in [3.05, 3.63) is 11.6 Å². The van der Waals surface area contributed by atoms with Gasteiger partial charge in [-0.15, -0.1) is 35.3 Å². The average molecular weight is 478 g/mol. The van der Waals surface area contributed by atoms with E-state index in [0.717, 1.165) is 44.4 Å². The average Bonchev–Trinajstić information content (AvgIpc) is 3.15. The highest BCUT2D eigenvalue weighted by Gasteiger charge is 2.20. The third kappa shape index (κ3) is 6.25. The molecule has 0 bridgehead atoms. The maximum absolute atomic E-state index is 6.22. The molecule has 2 saturated heterocycles. The highest BCUT2D eigenvalue weighted by atomic mass is 127. The lowest BCUT2D eigenvalue weighted by Gasteiger charge is -2.35. The van der Waals surface area contributed by atoms with E-state index in [-0.39, 0.29) is 24.0 Å². The maximum Gasteiger partial charge on any atom is 0.191 e. The van der Waals surface area contributed by atoms with E-state index in [9.17, 15) is 0 Å². The van der Waals surface area contributed by atoms with E-state index in [1.807, 2.05) is 11.6 Å². The predicted octanol–water partition coefficient (Wildman–Crippen LogP) is 2.32. The van der Waals surface area contributed by atoms with Crippen LogP contribution in [-0.4, -0.2) is 73.1 Å². The summed E-state index contributed by atoms with van der Waals surface area (Å²) in [6.07, 6.45) is 5.96. The quantitative estimate of drug-likeness (QED) is 0.400. The van der Waals surface area contributed by atoms with E-state index >= 15 is 0 Å². The number of guanidine groups is 1.